The highest BCUT2D eigenvalue weighted by molar-refractivity contribution is 6.22. The molecule has 2 aromatic rings. The molecule has 0 saturated carbocycles. The lowest BCUT2D eigenvalue weighted by molar-refractivity contribution is 0.818. The van der Waals surface area contributed by atoms with E-state index in [0.29, 0.717) is 11.8 Å². The van der Waals surface area contributed by atoms with Crippen LogP contribution in [-0.4, -0.2) is 0 Å². The molecule has 0 aromatic heterocycles. The zero-order valence-electron chi connectivity index (χ0n) is 12.7. The minimum Gasteiger partial charge on any atom is -0.113 e. The third kappa shape index (κ3) is 3.24. The standard InChI is InChI=1S/C19H23Cl/c1-13(2)16-10-11-17(18(12-16)14(3)4)19(20)15-8-6-5-7-9-15/h5-14,19H,1-4H3. The highest BCUT2D eigenvalue weighted by Gasteiger charge is 2.17. The van der Waals surface area contributed by atoms with Crippen molar-refractivity contribution in [1.82, 2.24) is 0 Å². The van der Waals surface area contributed by atoms with Gasteiger partial charge in [-0.15, -0.1) is 11.6 Å². The van der Waals surface area contributed by atoms with Gasteiger partial charge in [0.15, 0.2) is 0 Å². The summed E-state index contributed by atoms with van der Waals surface area (Å²) in [6.45, 7) is 8.93. The van der Waals surface area contributed by atoms with Crippen LogP contribution in [0.15, 0.2) is 48.5 Å². The smallest absolute Gasteiger partial charge is 0.0838 e. The molecule has 0 nitrogen and oxygen atoms in total. The molecule has 2 rings (SSSR count). The minimum absolute atomic E-state index is 0.0742. The van der Waals surface area contributed by atoms with Crippen LogP contribution < -0.4 is 0 Å². The zero-order chi connectivity index (χ0) is 14.7. The number of rotatable bonds is 4. The molecule has 0 aliphatic carbocycles. The van der Waals surface area contributed by atoms with Crippen molar-refractivity contribution < 1.29 is 0 Å². The molecule has 1 unspecified atom stereocenters. The summed E-state index contributed by atoms with van der Waals surface area (Å²) in [5, 5.41) is -0.0742. The summed E-state index contributed by atoms with van der Waals surface area (Å²) in [6, 6.07) is 17.0. The summed E-state index contributed by atoms with van der Waals surface area (Å²) in [5.74, 6) is 1.03. The van der Waals surface area contributed by atoms with Crippen LogP contribution in [0.25, 0.3) is 0 Å². The second kappa shape index (κ2) is 6.45. The second-order valence-electron chi connectivity index (χ2n) is 5.97. The van der Waals surface area contributed by atoms with Crippen molar-refractivity contribution in [2.75, 3.05) is 0 Å². The van der Waals surface area contributed by atoms with E-state index < -0.39 is 0 Å². The number of halogens is 1. The van der Waals surface area contributed by atoms with Crippen LogP contribution in [0.1, 0.15) is 67.2 Å². The van der Waals surface area contributed by atoms with Gasteiger partial charge in [0, 0.05) is 0 Å². The molecule has 106 valence electrons. The fraction of sp³-hybridized carbons (Fsp3) is 0.368. The molecular formula is C19H23Cl. The van der Waals surface area contributed by atoms with Crippen molar-refractivity contribution in [1.29, 1.82) is 0 Å². The summed E-state index contributed by atoms with van der Waals surface area (Å²) in [7, 11) is 0. The lowest BCUT2D eigenvalue weighted by Crippen LogP contribution is -2.03. The molecule has 0 heterocycles. The Hall–Kier alpha value is -1.27. The summed E-state index contributed by atoms with van der Waals surface area (Å²) >= 11 is 6.71. The first-order chi connectivity index (χ1) is 9.50. The van der Waals surface area contributed by atoms with Crippen LogP contribution in [0, 0.1) is 0 Å². The molecule has 0 radical (unpaired) electrons. The molecule has 0 saturated heterocycles. The van der Waals surface area contributed by atoms with E-state index in [9.17, 15) is 0 Å². The van der Waals surface area contributed by atoms with Crippen LogP contribution in [0.4, 0.5) is 0 Å². The lowest BCUT2D eigenvalue weighted by Gasteiger charge is -2.20. The molecule has 0 bridgehead atoms. The molecule has 0 aliphatic rings. The molecule has 1 atom stereocenters. The Bertz CT molecular complexity index is 555. The monoisotopic (exact) mass is 286 g/mol. The molecule has 0 amide bonds. The Labute approximate surface area is 127 Å². The van der Waals surface area contributed by atoms with Crippen LogP contribution in [0.2, 0.25) is 0 Å². The van der Waals surface area contributed by atoms with Crippen molar-refractivity contribution in [2.24, 2.45) is 0 Å². The van der Waals surface area contributed by atoms with Gasteiger partial charge in [-0.3, -0.25) is 0 Å². The second-order valence-corrected chi connectivity index (χ2v) is 6.41. The van der Waals surface area contributed by atoms with E-state index in [-0.39, 0.29) is 5.38 Å². The maximum Gasteiger partial charge on any atom is 0.0838 e. The quantitative estimate of drug-likeness (QED) is 0.582. The van der Waals surface area contributed by atoms with E-state index >= 15 is 0 Å². The normalized spacial score (nSPS) is 12.9. The maximum absolute atomic E-state index is 6.71. The first-order valence-electron chi connectivity index (χ1n) is 7.33. The first-order valence-corrected chi connectivity index (χ1v) is 7.77. The topological polar surface area (TPSA) is 0 Å². The Morgan fingerprint density at radius 3 is 1.90 bits per heavy atom. The number of hydrogen-bond donors (Lipinski definition) is 0. The average Bonchev–Trinajstić information content (AvgIpc) is 2.46. The van der Waals surface area contributed by atoms with Gasteiger partial charge in [-0.25, -0.2) is 0 Å². The van der Waals surface area contributed by atoms with Crippen LogP contribution >= 0.6 is 11.6 Å². The van der Waals surface area contributed by atoms with Crippen molar-refractivity contribution in [2.45, 2.75) is 44.9 Å². The summed E-state index contributed by atoms with van der Waals surface area (Å²) < 4.78 is 0. The minimum atomic E-state index is -0.0742. The van der Waals surface area contributed by atoms with Crippen LogP contribution in [0.3, 0.4) is 0 Å². The predicted octanol–water partition coefficient (Wildman–Crippen LogP) is 6.26. The summed E-state index contributed by atoms with van der Waals surface area (Å²) in [5.41, 5.74) is 5.14. The highest BCUT2D eigenvalue weighted by atomic mass is 35.5. The average molecular weight is 287 g/mol. The van der Waals surface area contributed by atoms with E-state index in [1.165, 1.54) is 16.7 Å². The number of hydrogen-bond acceptors (Lipinski definition) is 0. The van der Waals surface area contributed by atoms with Gasteiger partial charge in [0.25, 0.3) is 0 Å². The van der Waals surface area contributed by atoms with Crippen LogP contribution in [-0.2, 0) is 0 Å². The number of benzene rings is 2. The van der Waals surface area contributed by atoms with Gasteiger partial charge in [-0.05, 0) is 34.1 Å². The summed E-state index contributed by atoms with van der Waals surface area (Å²) in [4.78, 5) is 0. The molecular weight excluding hydrogens is 264 g/mol. The zero-order valence-corrected chi connectivity index (χ0v) is 13.5. The van der Waals surface area contributed by atoms with Gasteiger partial charge < -0.3 is 0 Å². The van der Waals surface area contributed by atoms with E-state index in [0.717, 1.165) is 5.56 Å². The molecule has 0 fully saturated rings. The van der Waals surface area contributed by atoms with Crippen molar-refractivity contribution in [3.63, 3.8) is 0 Å². The van der Waals surface area contributed by atoms with E-state index in [1.54, 1.807) is 0 Å². The van der Waals surface area contributed by atoms with Gasteiger partial charge in [0.2, 0.25) is 0 Å². The third-order valence-corrected chi connectivity index (χ3v) is 4.25. The van der Waals surface area contributed by atoms with Gasteiger partial charge in [-0.2, -0.15) is 0 Å². The van der Waals surface area contributed by atoms with Gasteiger partial charge in [0.1, 0.15) is 0 Å². The molecule has 0 aliphatic heterocycles. The maximum atomic E-state index is 6.71. The van der Waals surface area contributed by atoms with Crippen molar-refractivity contribution in [3.05, 3.63) is 70.8 Å². The summed E-state index contributed by atoms with van der Waals surface area (Å²) in [6.07, 6.45) is 0. The van der Waals surface area contributed by atoms with Gasteiger partial charge in [0.05, 0.1) is 5.38 Å². The predicted molar refractivity (Wildman–Crippen MR) is 88.8 cm³/mol. The largest absolute Gasteiger partial charge is 0.113 e. The fourth-order valence-electron chi connectivity index (χ4n) is 2.48. The Morgan fingerprint density at radius 1 is 0.700 bits per heavy atom. The number of alkyl halides is 1. The molecule has 0 spiro atoms. The fourth-order valence-corrected chi connectivity index (χ4v) is 2.83. The van der Waals surface area contributed by atoms with Gasteiger partial charge in [-0.1, -0.05) is 76.2 Å². The Balaban J connectivity index is 2.45. The Kier molecular flexibility index (Phi) is 4.88. The molecule has 0 N–H and O–H groups in total. The van der Waals surface area contributed by atoms with Crippen molar-refractivity contribution in [3.8, 4) is 0 Å². The molecule has 1 heteroatoms. The Morgan fingerprint density at radius 2 is 1.35 bits per heavy atom. The van der Waals surface area contributed by atoms with E-state index in [1.807, 2.05) is 18.2 Å². The van der Waals surface area contributed by atoms with E-state index in [2.05, 4.69) is 58.0 Å². The highest BCUT2D eigenvalue weighted by Crippen LogP contribution is 2.35. The molecule has 2 aromatic carbocycles. The third-order valence-electron chi connectivity index (χ3n) is 3.76. The van der Waals surface area contributed by atoms with Gasteiger partial charge >= 0.3 is 0 Å². The van der Waals surface area contributed by atoms with E-state index in [4.69, 9.17) is 11.6 Å². The van der Waals surface area contributed by atoms with Crippen molar-refractivity contribution >= 4 is 11.6 Å². The molecule has 20 heavy (non-hydrogen) atoms. The van der Waals surface area contributed by atoms with Crippen LogP contribution in [0.5, 0.6) is 0 Å². The lowest BCUT2D eigenvalue weighted by atomic mass is 9.89. The SMILES string of the molecule is CC(C)c1ccc(C(Cl)c2ccccc2)c(C(C)C)c1. The first kappa shape index (κ1) is 15.1.